The van der Waals surface area contributed by atoms with Crippen LogP contribution in [0.4, 0.5) is 8.78 Å². The van der Waals surface area contributed by atoms with Crippen molar-refractivity contribution >= 4 is 11.9 Å². The average Bonchev–Trinajstić information content (AvgIpc) is 3.13. The van der Waals surface area contributed by atoms with Crippen molar-refractivity contribution < 1.29 is 23.1 Å². The van der Waals surface area contributed by atoms with Crippen molar-refractivity contribution in [3.63, 3.8) is 0 Å². The van der Waals surface area contributed by atoms with E-state index in [-0.39, 0.29) is 34.3 Å². The molecule has 1 amide bonds. The predicted octanol–water partition coefficient (Wildman–Crippen LogP) is 5.99. The minimum absolute atomic E-state index is 0.0741. The van der Waals surface area contributed by atoms with Gasteiger partial charge in [0, 0.05) is 31.5 Å². The summed E-state index contributed by atoms with van der Waals surface area (Å²) >= 11 is 0. The first-order chi connectivity index (χ1) is 16.0. The third-order valence-corrected chi connectivity index (χ3v) is 10.6. The maximum Gasteiger partial charge on any atom is 0.338 e. The number of rotatable bonds is 3. The Morgan fingerprint density at radius 1 is 1.00 bits per heavy atom. The molecule has 0 spiro atoms. The monoisotopic (exact) mass is 473 g/mol. The fourth-order valence-corrected chi connectivity index (χ4v) is 8.95. The van der Waals surface area contributed by atoms with E-state index in [0.717, 1.165) is 63.1 Å². The molecular formula is C28H37F2NO3. The van der Waals surface area contributed by atoms with Crippen molar-refractivity contribution in [2.24, 2.45) is 34.5 Å². The molecule has 4 nitrogen and oxygen atoms in total. The van der Waals surface area contributed by atoms with E-state index in [2.05, 4.69) is 13.8 Å². The maximum absolute atomic E-state index is 13.6. The second-order valence-corrected chi connectivity index (χ2v) is 12.0. The van der Waals surface area contributed by atoms with Gasteiger partial charge in [-0.15, -0.1) is 0 Å². The minimum Gasteiger partial charge on any atom is -0.459 e. The van der Waals surface area contributed by atoms with Gasteiger partial charge in [-0.25, -0.2) is 13.6 Å². The molecule has 1 heterocycles. The van der Waals surface area contributed by atoms with E-state index in [1.54, 1.807) is 0 Å². The molecule has 5 rings (SSSR count). The predicted molar refractivity (Wildman–Crippen MR) is 125 cm³/mol. The number of hydrogen-bond donors (Lipinski definition) is 0. The van der Waals surface area contributed by atoms with E-state index in [1.807, 2.05) is 18.9 Å². The number of benzene rings is 1. The van der Waals surface area contributed by atoms with Crippen LogP contribution in [0.15, 0.2) is 18.2 Å². The van der Waals surface area contributed by atoms with Gasteiger partial charge in [-0.05, 0) is 92.6 Å². The van der Waals surface area contributed by atoms with Crippen molar-refractivity contribution in [1.82, 2.24) is 4.90 Å². The van der Waals surface area contributed by atoms with E-state index in [1.165, 1.54) is 0 Å². The summed E-state index contributed by atoms with van der Waals surface area (Å²) in [7, 11) is 1.99. The maximum atomic E-state index is 13.6. The first-order valence-corrected chi connectivity index (χ1v) is 13.0. The summed E-state index contributed by atoms with van der Waals surface area (Å²) in [6, 6.07) is 3.18. The lowest BCUT2D eigenvalue weighted by molar-refractivity contribution is -0.159. The molecule has 1 saturated heterocycles. The number of carbonyl (C=O) groups excluding carboxylic acids is 2. The summed E-state index contributed by atoms with van der Waals surface area (Å²) in [4.78, 5) is 27.1. The Morgan fingerprint density at radius 2 is 1.68 bits per heavy atom. The van der Waals surface area contributed by atoms with Crippen LogP contribution < -0.4 is 0 Å². The van der Waals surface area contributed by atoms with Gasteiger partial charge >= 0.3 is 5.97 Å². The highest BCUT2D eigenvalue weighted by Crippen LogP contribution is 2.66. The molecule has 3 aliphatic carbocycles. The van der Waals surface area contributed by atoms with Gasteiger partial charge in [0.05, 0.1) is 5.56 Å². The molecule has 1 unspecified atom stereocenters. The van der Waals surface area contributed by atoms with Gasteiger partial charge in [0.1, 0.15) is 17.7 Å². The molecule has 1 aromatic rings. The Bertz CT molecular complexity index is 978. The van der Waals surface area contributed by atoms with Crippen LogP contribution in [0.2, 0.25) is 0 Å². The molecule has 34 heavy (non-hydrogen) atoms. The first-order valence-electron chi connectivity index (χ1n) is 13.0. The molecule has 1 aliphatic heterocycles. The van der Waals surface area contributed by atoms with Crippen LogP contribution in [0, 0.1) is 46.1 Å². The highest BCUT2D eigenvalue weighted by Gasteiger charge is 2.61. The number of piperidine rings is 1. The van der Waals surface area contributed by atoms with Crippen LogP contribution in [0.25, 0.3) is 0 Å². The Hall–Kier alpha value is -1.98. The van der Waals surface area contributed by atoms with Crippen LogP contribution in [0.3, 0.4) is 0 Å². The third kappa shape index (κ3) is 3.58. The number of esters is 1. The smallest absolute Gasteiger partial charge is 0.338 e. The molecule has 0 N–H and O–H groups in total. The Kier molecular flexibility index (Phi) is 5.80. The summed E-state index contributed by atoms with van der Waals surface area (Å²) in [5, 5.41) is 0. The number of nitrogens with zero attached hydrogens (tertiary/aromatic N) is 1. The number of hydrogen-bond acceptors (Lipinski definition) is 3. The second kappa shape index (κ2) is 8.30. The largest absolute Gasteiger partial charge is 0.459 e. The summed E-state index contributed by atoms with van der Waals surface area (Å²) < 4.78 is 33.0. The zero-order chi connectivity index (χ0) is 24.4. The SMILES string of the molecule is CC(OC(=O)c1cc(F)cc(F)c1)[C@H]1CC[C@H]2[C@@H]3CC[C@H]4N(C)C(=O)CC[C@]4(C)[C@H]3CC[C@]12C. The van der Waals surface area contributed by atoms with Gasteiger partial charge in [0.25, 0.3) is 0 Å². The van der Waals surface area contributed by atoms with Crippen molar-refractivity contribution in [3.8, 4) is 0 Å². The van der Waals surface area contributed by atoms with Crippen LogP contribution >= 0.6 is 0 Å². The fraction of sp³-hybridized carbons (Fsp3) is 0.714. The Labute approximate surface area is 201 Å². The highest BCUT2D eigenvalue weighted by atomic mass is 19.1. The summed E-state index contributed by atoms with van der Waals surface area (Å²) in [6.07, 6.45) is 7.97. The number of amides is 1. The Balaban J connectivity index is 1.32. The lowest BCUT2D eigenvalue weighted by Crippen LogP contribution is -2.61. The Morgan fingerprint density at radius 3 is 2.38 bits per heavy atom. The van der Waals surface area contributed by atoms with E-state index >= 15 is 0 Å². The molecule has 1 aromatic carbocycles. The van der Waals surface area contributed by atoms with Crippen molar-refractivity contribution in [2.45, 2.75) is 84.3 Å². The van der Waals surface area contributed by atoms with Crippen molar-refractivity contribution in [2.75, 3.05) is 7.05 Å². The number of halogens is 2. The van der Waals surface area contributed by atoms with Crippen molar-refractivity contribution in [3.05, 3.63) is 35.4 Å². The number of likely N-dealkylation sites (tertiary alicyclic amines) is 1. The lowest BCUT2D eigenvalue weighted by atomic mass is 9.46. The van der Waals surface area contributed by atoms with E-state index in [0.29, 0.717) is 30.2 Å². The number of carbonyl (C=O) groups is 2. The standard InChI is InChI=1S/C28H37F2NO3/c1-16(34-26(33)17-13-18(29)15-19(30)14-17)21-6-7-22-20-5-8-24-28(3,12-10-25(32)31(24)4)23(20)9-11-27(21,22)2/h13-16,20-24H,5-12H2,1-4H3/t16?,20-,21+,22-,23-,24+,27+,28+/m0/s1. The van der Waals surface area contributed by atoms with Gasteiger partial charge < -0.3 is 9.64 Å². The van der Waals surface area contributed by atoms with E-state index in [4.69, 9.17) is 4.74 Å². The van der Waals surface area contributed by atoms with Crippen LogP contribution in [-0.4, -0.2) is 36.0 Å². The molecule has 0 radical (unpaired) electrons. The first kappa shape index (κ1) is 23.7. The van der Waals surface area contributed by atoms with Crippen molar-refractivity contribution in [1.29, 1.82) is 0 Å². The highest BCUT2D eigenvalue weighted by molar-refractivity contribution is 5.89. The second-order valence-electron chi connectivity index (χ2n) is 12.0. The third-order valence-electron chi connectivity index (χ3n) is 10.6. The molecule has 3 saturated carbocycles. The fourth-order valence-electron chi connectivity index (χ4n) is 8.95. The molecule has 6 heteroatoms. The molecule has 4 fully saturated rings. The molecule has 4 aliphatic rings. The summed E-state index contributed by atoms with van der Waals surface area (Å²) in [5.41, 5.74) is 0.202. The van der Waals surface area contributed by atoms with E-state index < -0.39 is 17.6 Å². The van der Waals surface area contributed by atoms with Gasteiger partial charge in [-0.3, -0.25) is 4.79 Å². The lowest BCUT2D eigenvalue weighted by Gasteiger charge is -2.62. The number of ether oxygens (including phenoxy) is 1. The van der Waals surface area contributed by atoms with Crippen LogP contribution in [0.5, 0.6) is 0 Å². The molecule has 0 aromatic heterocycles. The summed E-state index contributed by atoms with van der Waals surface area (Å²) in [5.74, 6) is 0.186. The minimum atomic E-state index is -0.773. The normalized spacial score (nSPS) is 40.2. The molecule has 8 atom stereocenters. The summed E-state index contributed by atoms with van der Waals surface area (Å²) in [6.45, 7) is 6.75. The number of fused-ring (bicyclic) bond motifs is 5. The topological polar surface area (TPSA) is 46.6 Å². The van der Waals surface area contributed by atoms with Gasteiger partial charge in [-0.1, -0.05) is 13.8 Å². The van der Waals surface area contributed by atoms with Gasteiger partial charge in [-0.2, -0.15) is 0 Å². The zero-order valence-electron chi connectivity index (χ0n) is 20.8. The zero-order valence-corrected chi connectivity index (χ0v) is 20.8. The van der Waals surface area contributed by atoms with Gasteiger partial charge in [0.2, 0.25) is 5.91 Å². The quantitative estimate of drug-likeness (QED) is 0.507. The van der Waals surface area contributed by atoms with Crippen LogP contribution in [-0.2, 0) is 9.53 Å². The van der Waals surface area contributed by atoms with E-state index in [9.17, 15) is 18.4 Å². The molecular weight excluding hydrogens is 436 g/mol. The molecule has 186 valence electrons. The average molecular weight is 474 g/mol. The van der Waals surface area contributed by atoms with Crippen LogP contribution in [0.1, 0.15) is 82.5 Å². The van der Waals surface area contributed by atoms with Gasteiger partial charge in [0.15, 0.2) is 0 Å². The molecule has 0 bridgehead atoms.